The molecule has 0 unspecified atom stereocenters. The molecule has 0 radical (unpaired) electrons. The summed E-state index contributed by atoms with van der Waals surface area (Å²) in [4.78, 5) is 0. The molecule has 0 aromatic heterocycles. The third kappa shape index (κ3) is 8.13. The van der Waals surface area contributed by atoms with Crippen molar-refractivity contribution in [1.29, 1.82) is 0 Å². The molecule has 0 nitrogen and oxygen atoms in total. The Hall–Kier alpha value is 0.130. The first-order chi connectivity index (χ1) is 4.41. The summed E-state index contributed by atoms with van der Waals surface area (Å²) in [6, 6.07) is 0. The van der Waals surface area contributed by atoms with Crippen molar-refractivity contribution in [3.05, 3.63) is 0 Å². The molecule has 0 aromatic rings. The lowest BCUT2D eigenvalue weighted by molar-refractivity contribution is 1.05. The van der Waals surface area contributed by atoms with Crippen molar-refractivity contribution >= 4 is 14.6 Å². The van der Waals surface area contributed by atoms with Crippen molar-refractivity contribution in [2.75, 3.05) is 0 Å². The summed E-state index contributed by atoms with van der Waals surface area (Å²) in [5.74, 6) is 0. The molecule has 0 N–H and O–H groups in total. The molecule has 0 saturated heterocycles. The van der Waals surface area contributed by atoms with E-state index < -0.39 is 0 Å². The average Bonchev–Trinajstić information content (AvgIpc) is 1.89. The summed E-state index contributed by atoms with van der Waals surface area (Å²) >= 11 is 0. The molecule has 0 aliphatic carbocycles. The third-order valence-electron chi connectivity index (χ3n) is 1.71. The molecular formula is C7H18B2. The van der Waals surface area contributed by atoms with E-state index in [4.69, 9.17) is 0 Å². The van der Waals surface area contributed by atoms with E-state index in [1.165, 1.54) is 46.3 Å². The van der Waals surface area contributed by atoms with E-state index in [2.05, 4.69) is 13.8 Å². The van der Waals surface area contributed by atoms with Gasteiger partial charge in [0.25, 0.3) is 0 Å². The lowest BCUT2D eigenvalue weighted by atomic mass is 9.64. The Bertz CT molecular complexity index is 40.2. The second kappa shape index (κ2) is 8.13. The summed E-state index contributed by atoms with van der Waals surface area (Å²) in [6.07, 6.45) is 7.10. The maximum absolute atomic E-state index is 2.26. The zero-order valence-corrected chi connectivity index (χ0v) is 6.95. The fourth-order valence-electron chi connectivity index (χ4n) is 1.03. The quantitative estimate of drug-likeness (QED) is 0.375. The van der Waals surface area contributed by atoms with Crippen LogP contribution >= 0.6 is 0 Å². The van der Waals surface area contributed by atoms with Gasteiger partial charge < -0.3 is 0 Å². The van der Waals surface area contributed by atoms with Gasteiger partial charge in [-0.3, -0.25) is 0 Å². The van der Waals surface area contributed by atoms with Gasteiger partial charge >= 0.3 is 0 Å². The zero-order chi connectivity index (χ0) is 6.95. The predicted molar refractivity (Wildman–Crippen MR) is 49.5 cm³/mol. The van der Waals surface area contributed by atoms with Gasteiger partial charge in [-0.2, -0.15) is 0 Å². The molecule has 0 amide bonds. The van der Waals surface area contributed by atoms with Gasteiger partial charge in [-0.25, -0.2) is 0 Å². The molecular weight excluding hydrogens is 106 g/mol. The Kier molecular flexibility index (Phi) is 8.25. The Balaban J connectivity index is 2.60. The Morgan fingerprint density at radius 3 is 1.67 bits per heavy atom. The number of hydrogen-bond acceptors (Lipinski definition) is 0. The SMILES string of the molecule is CCBCCCBCC. The lowest BCUT2D eigenvalue weighted by Gasteiger charge is -1.93. The maximum atomic E-state index is 2.26. The minimum absolute atomic E-state index is 1.37. The van der Waals surface area contributed by atoms with E-state index in [9.17, 15) is 0 Å². The van der Waals surface area contributed by atoms with Gasteiger partial charge in [-0.15, -0.1) is 0 Å². The molecule has 0 aromatic carbocycles. The van der Waals surface area contributed by atoms with Gasteiger partial charge in [0.05, 0.1) is 0 Å². The Labute approximate surface area is 60.9 Å². The highest BCUT2D eigenvalue weighted by molar-refractivity contribution is 6.37. The van der Waals surface area contributed by atoms with E-state index in [-0.39, 0.29) is 0 Å². The average molecular weight is 124 g/mol. The summed E-state index contributed by atoms with van der Waals surface area (Å²) in [5, 5.41) is 0. The summed E-state index contributed by atoms with van der Waals surface area (Å²) in [6.45, 7) is 4.53. The van der Waals surface area contributed by atoms with Crippen molar-refractivity contribution < 1.29 is 0 Å². The topological polar surface area (TPSA) is 0 Å². The fourth-order valence-corrected chi connectivity index (χ4v) is 1.03. The molecule has 0 fully saturated rings. The van der Waals surface area contributed by atoms with Crippen molar-refractivity contribution in [2.45, 2.75) is 45.5 Å². The minimum Gasteiger partial charge on any atom is -0.0803 e. The van der Waals surface area contributed by atoms with Crippen LogP contribution in [0.5, 0.6) is 0 Å². The van der Waals surface area contributed by atoms with Crippen molar-refractivity contribution in [2.24, 2.45) is 0 Å². The van der Waals surface area contributed by atoms with Gasteiger partial charge in [0.15, 0.2) is 0 Å². The smallest absolute Gasteiger partial charge is 0.0803 e. The fraction of sp³-hybridized carbons (Fsp3) is 1.00. The first-order valence-corrected chi connectivity index (χ1v) is 4.41. The first kappa shape index (κ1) is 9.13. The molecule has 0 spiro atoms. The van der Waals surface area contributed by atoms with Crippen molar-refractivity contribution in [3.8, 4) is 0 Å². The molecule has 0 heterocycles. The Morgan fingerprint density at radius 2 is 1.33 bits per heavy atom. The number of hydrogen-bond donors (Lipinski definition) is 0. The third-order valence-corrected chi connectivity index (χ3v) is 1.71. The van der Waals surface area contributed by atoms with E-state index in [1.54, 1.807) is 0 Å². The van der Waals surface area contributed by atoms with Crippen LogP contribution in [0.4, 0.5) is 0 Å². The van der Waals surface area contributed by atoms with Crippen LogP contribution < -0.4 is 0 Å². The molecule has 52 valence electrons. The van der Waals surface area contributed by atoms with Crippen LogP contribution in [0.2, 0.25) is 25.3 Å². The van der Waals surface area contributed by atoms with Gasteiger partial charge in [-0.05, 0) is 0 Å². The largest absolute Gasteiger partial charge is 0.120 e. The van der Waals surface area contributed by atoms with Gasteiger partial charge in [0.1, 0.15) is 14.6 Å². The molecule has 0 saturated carbocycles. The normalized spacial score (nSPS) is 9.11. The van der Waals surface area contributed by atoms with Crippen LogP contribution in [0, 0.1) is 0 Å². The standard InChI is InChI=1S/C7H18B2/c1-3-8-6-5-7-9-4-2/h8-9H,3-7H2,1-2H3. The lowest BCUT2D eigenvalue weighted by Crippen LogP contribution is -1.89. The molecule has 0 aliphatic rings. The van der Waals surface area contributed by atoms with E-state index in [0.29, 0.717) is 0 Å². The second-order valence-electron chi connectivity index (χ2n) is 2.77. The molecule has 0 aliphatic heterocycles. The van der Waals surface area contributed by atoms with E-state index >= 15 is 0 Å². The van der Waals surface area contributed by atoms with Crippen LogP contribution in [0.1, 0.15) is 20.3 Å². The van der Waals surface area contributed by atoms with E-state index in [0.717, 1.165) is 0 Å². The molecule has 9 heavy (non-hydrogen) atoms. The van der Waals surface area contributed by atoms with Crippen LogP contribution in [-0.4, -0.2) is 14.6 Å². The summed E-state index contributed by atoms with van der Waals surface area (Å²) in [5.41, 5.74) is 0. The molecule has 0 atom stereocenters. The van der Waals surface area contributed by atoms with E-state index in [1.807, 2.05) is 0 Å². The molecule has 0 rings (SSSR count). The van der Waals surface area contributed by atoms with Crippen molar-refractivity contribution in [3.63, 3.8) is 0 Å². The van der Waals surface area contributed by atoms with Crippen LogP contribution in [0.3, 0.4) is 0 Å². The molecule has 2 heteroatoms. The van der Waals surface area contributed by atoms with Gasteiger partial charge in [0, 0.05) is 0 Å². The predicted octanol–water partition coefficient (Wildman–Crippen LogP) is 1.96. The highest BCUT2D eigenvalue weighted by atomic mass is 13.7. The Morgan fingerprint density at radius 1 is 0.889 bits per heavy atom. The summed E-state index contributed by atoms with van der Waals surface area (Å²) in [7, 11) is 2.87. The number of rotatable bonds is 6. The molecule has 0 bridgehead atoms. The van der Waals surface area contributed by atoms with Crippen LogP contribution in [0.25, 0.3) is 0 Å². The second-order valence-corrected chi connectivity index (χ2v) is 2.77. The van der Waals surface area contributed by atoms with Crippen LogP contribution in [-0.2, 0) is 0 Å². The monoisotopic (exact) mass is 124 g/mol. The zero-order valence-electron chi connectivity index (χ0n) is 6.95. The maximum Gasteiger partial charge on any atom is 0.120 e. The van der Waals surface area contributed by atoms with Crippen molar-refractivity contribution in [1.82, 2.24) is 0 Å². The first-order valence-electron chi connectivity index (χ1n) is 4.41. The van der Waals surface area contributed by atoms with Gasteiger partial charge in [-0.1, -0.05) is 45.5 Å². The highest BCUT2D eigenvalue weighted by Gasteiger charge is 1.89. The summed E-state index contributed by atoms with van der Waals surface area (Å²) < 4.78 is 0. The van der Waals surface area contributed by atoms with Crippen LogP contribution in [0.15, 0.2) is 0 Å². The van der Waals surface area contributed by atoms with Gasteiger partial charge in [0.2, 0.25) is 0 Å². The minimum atomic E-state index is 1.37. The highest BCUT2D eigenvalue weighted by Crippen LogP contribution is 1.97.